The van der Waals surface area contributed by atoms with Crippen molar-refractivity contribution in [3.8, 4) is 11.5 Å². The lowest BCUT2D eigenvalue weighted by atomic mass is 10.1. The number of cyclic esters (lactones) is 1. The maximum absolute atomic E-state index is 13.0. The predicted molar refractivity (Wildman–Crippen MR) is 88.0 cm³/mol. The molecule has 0 saturated carbocycles. The van der Waals surface area contributed by atoms with Crippen LogP contribution in [0.1, 0.15) is 11.1 Å². The summed E-state index contributed by atoms with van der Waals surface area (Å²) in [6.45, 7) is 0. The van der Waals surface area contributed by atoms with Gasteiger partial charge in [0.05, 0.1) is 19.8 Å². The topological polar surface area (TPSA) is 44.8 Å². The van der Waals surface area contributed by atoms with E-state index >= 15 is 0 Å². The Hall–Kier alpha value is -3.08. The van der Waals surface area contributed by atoms with Gasteiger partial charge in [0.1, 0.15) is 11.6 Å². The molecule has 2 aromatic rings. The van der Waals surface area contributed by atoms with Gasteiger partial charge >= 0.3 is 5.97 Å². The first-order valence-corrected chi connectivity index (χ1v) is 7.25. The number of halogens is 1. The third kappa shape index (κ3) is 3.01. The zero-order valence-electron chi connectivity index (χ0n) is 13.2. The van der Waals surface area contributed by atoms with Crippen molar-refractivity contribution in [3.05, 3.63) is 71.1 Å². The summed E-state index contributed by atoms with van der Waals surface area (Å²) >= 11 is 0. The van der Waals surface area contributed by atoms with Gasteiger partial charge in [-0.05, 0) is 42.5 Å². The lowest BCUT2D eigenvalue weighted by molar-refractivity contribution is -0.130. The molecular formula is C19H15FO4. The quantitative estimate of drug-likeness (QED) is 0.633. The zero-order chi connectivity index (χ0) is 17.1. The minimum atomic E-state index is -0.473. The number of rotatable bonds is 4. The molecule has 0 fully saturated rings. The minimum Gasteiger partial charge on any atom is -0.493 e. The molecule has 0 N–H and O–H groups in total. The highest BCUT2D eigenvalue weighted by Gasteiger charge is 2.22. The SMILES string of the molecule is COc1cccc(/C=C2\C=C(c3ccc(F)cc3)OC2=O)c1OC. The van der Waals surface area contributed by atoms with E-state index in [9.17, 15) is 9.18 Å². The van der Waals surface area contributed by atoms with Crippen molar-refractivity contribution in [2.75, 3.05) is 14.2 Å². The van der Waals surface area contributed by atoms with Gasteiger partial charge in [0.25, 0.3) is 0 Å². The second-order valence-corrected chi connectivity index (χ2v) is 5.09. The molecule has 4 nitrogen and oxygen atoms in total. The fourth-order valence-corrected chi connectivity index (χ4v) is 2.44. The fourth-order valence-electron chi connectivity index (χ4n) is 2.44. The normalized spacial score (nSPS) is 15.2. The summed E-state index contributed by atoms with van der Waals surface area (Å²) in [6.07, 6.45) is 3.29. The summed E-state index contributed by atoms with van der Waals surface area (Å²) in [5.74, 6) is 0.665. The second kappa shape index (κ2) is 6.58. The Morgan fingerprint density at radius 2 is 1.79 bits per heavy atom. The van der Waals surface area contributed by atoms with Crippen LogP contribution in [0.4, 0.5) is 4.39 Å². The summed E-state index contributed by atoms with van der Waals surface area (Å²) in [5, 5.41) is 0. The molecule has 1 heterocycles. The molecule has 0 amide bonds. The van der Waals surface area contributed by atoms with Crippen molar-refractivity contribution in [3.63, 3.8) is 0 Å². The van der Waals surface area contributed by atoms with E-state index in [1.807, 2.05) is 6.07 Å². The first kappa shape index (κ1) is 15.8. The Morgan fingerprint density at radius 3 is 2.46 bits per heavy atom. The Labute approximate surface area is 138 Å². The van der Waals surface area contributed by atoms with Crippen molar-refractivity contribution in [1.82, 2.24) is 0 Å². The Balaban J connectivity index is 1.99. The summed E-state index contributed by atoms with van der Waals surface area (Å²) in [5.41, 5.74) is 1.70. The third-order valence-electron chi connectivity index (χ3n) is 3.60. The molecule has 3 rings (SSSR count). The Kier molecular flexibility index (Phi) is 4.33. The molecule has 0 atom stereocenters. The number of esters is 1. The van der Waals surface area contributed by atoms with Crippen LogP contribution in [0.5, 0.6) is 11.5 Å². The minimum absolute atomic E-state index is 0.347. The lowest BCUT2D eigenvalue weighted by Crippen LogP contribution is -1.98. The second-order valence-electron chi connectivity index (χ2n) is 5.09. The maximum atomic E-state index is 13.0. The number of hydrogen-bond acceptors (Lipinski definition) is 4. The third-order valence-corrected chi connectivity index (χ3v) is 3.60. The number of hydrogen-bond donors (Lipinski definition) is 0. The molecule has 0 bridgehead atoms. The average Bonchev–Trinajstić information content (AvgIpc) is 2.96. The van der Waals surface area contributed by atoms with Crippen LogP contribution in [-0.4, -0.2) is 20.2 Å². The van der Waals surface area contributed by atoms with Crippen molar-refractivity contribution in [1.29, 1.82) is 0 Å². The molecule has 2 aromatic carbocycles. The summed E-state index contributed by atoms with van der Waals surface area (Å²) < 4.78 is 28.9. The number of carbonyl (C=O) groups is 1. The summed E-state index contributed by atoms with van der Waals surface area (Å²) in [6, 6.07) is 11.1. The van der Waals surface area contributed by atoms with Gasteiger partial charge < -0.3 is 14.2 Å². The van der Waals surface area contributed by atoms with E-state index in [1.165, 1.54) is 19.2 Å². The first-order valence-electron chi connectivity index (χ1n) is 7.25. The van der Waals surface area contributed by atoms with E-state index in [0.29, 0.717) is 34.0 Å². The van der Waals surface area contributed by atoms with Crippen LogP contribution in [0.2, 0.25) is 0 Å². The molecule has 24 heavy (non-hydrogen) atoms. The van der Waals surface area contributed by atoms with Gasteiger partial charge in [-0.1, -0.05) is 12.1 Å². The van der Waals surface area contributed by atoms with E-state index in [0.717, 1.165) is 0 Å². The molecule has 5 heteroatoms. The number of ether oxygens (including phenoxy) is 3. The van der Waals surface area contributed by atoms with E-state index < -0.39 is 5.97 Å². The van der Waals surface area contributed by atoms with Crippen molar-refractivity contribution in [2.24, 2.45) is 0 Å². The van der Waals surface area contributed by atoms with E-state index in [2.05, 4.69) is 0 Å². The van der Waals surface area contributed by atoms with E-state index in [4.69, 9.17) is 14.2 Å². The van der Waals surface area contributed by atoms with E-state index in [-0.39, 0.29) is 5.82 Å². The van der Waals surface area contributed by atoms with Crippen LogP contribution < -0.4 is 9.47 Å². The monoisotopic (exact) mass is 326 g/mol. The molecule has 0 radical (unpaired) electrons. The van der Waals surface area contributed by atoms with Gasteiger partial charge in [0, 0.05) is 11.1 Å². The summed E-state index contributed by atoms with van der Waals surface area (Å²) in [7, 11) is 3.08. The van der Waals surface area contributed by atoms with Crippen LogP contribution in [0.15, 0.2) is 54.1 Å². The smallest absolute Gasteiger partial charge is 0.343 e. The van der Waals surface area contributed by atoms with Crippen LogP contribution >= 0.6 is 0 Å². The summed E-state index contributed by atoms with van der Waals surface area (Å²) in [4.78, 5) is 12.1. The highest BCUT2D eigenvalue weighted by Crippen LogP contribution is 2.34. The first-order chi connectivity index (χ1) is 11.6. The van der Waals surface area contributed by atoms with Gasteiger partial charge in [-0.2, -0.15) is 0 Å². The van der Waals surface area contributed by atoms with Gasteiger partial charge in [-0.25, -0.2) is 9.18 Å². The Morgan fingerprint density at radius 1 is 1.04 bits per heavy atom. The molecule has 0 spiro atoms. The fraction of sp³-hybridized carbons (Fsp3) is 0.105. The highest BCUT2D eigenvalue weighted by atomic mass is 19.1. The van der Waals surface area contributed by atoms with Gasteiger partial charge in [0.15, 0.2) is 11.5 Å². The molecule has 1 aliphatic heterocycles. The number of carbonyl (C=O) groups excluding carboxylic acids is 1. The maximum Gasteiger partial charge on any atom is 0.343 e. The van der Waals surface area contributed by atoms with E-state index in [1.54, 1.807) is 43.5 Å². The van der Waals surface area contributed by atoms with Crippen LogP contribution in [0.25, 0.3) is 11.8 Å². The average molecular weight is 326 g/mol. The molecular weight excluding hydrogens is 311 g/mol. The van der Waals surface area contributed by atoms with Crippen LogP contribution in [0.3, 0.4) is 0 Å². The molecule has 0 aromatic heterocycles. The number of benzene rings is 2. The van der Waals surface area contributed by atoms with Crippen LogP contribution in [0, 0.1) is 5.82 Å². The highest BCUT2D eigenvalue weighted by molar-refractivity contribution is 6.05. The molecule has 122 valence electrons. The Bertz CT molecular complexity index is 835. The predicted octanol–water partition coefficient (Wildman–Crippen LogP) is 3.82. The molecule has 0 saturated heterocycles. The zero-order valence-corrected chi connectivity index (χ0v) is 13.2. The molecule has 0 aliphatic carbocycles. The van der Waals surface area contributed by atoms with Crippen LogP contribution in [-0.2, 0) is 9.53 Å². The van der Waals surface area contributed by atoms with Gasteiger partial charge in [-0.3, -0.25) is 0 Å². The van der Waals surface area contributed by atoms with Gasteiger partial charge in [-0.15, -0.1) is 0 Å². The lowest BCUT2D eigenvalue weighted by Gasteiger charge is -2.10. The van der Waals surface area contributed by atoms with Crippen molar-refractivity contribution < 1.29 is 23.4 Å². The molecule has 0 unspecified atom stereocenters. The van der Waals surface area contributed by atoms with Crippen molar-refractivity contribution >= 4 is 17.8 Å². The van der Waals surface area contributed by atoms with Gasteiger partial charge in [0.2, 0.25) is 0 Å². The van der Waals surface area contributed by atoms with Crippen molar-refractivity contribution in [2.45, 2.75) is 0 Å². The standard InChI is InChI=1S/C19H15FO4/c1-22-16-5-3-4-13(18(16)23-2)10-14-11-17(24-19(14)21)12-6-8-15(20)9-7-12/h3-11H,1-2H3/b14-10+. The largest absolute Gasteiger partial charge is 0.493 e. The number of methoxy groups -OCH3 is 2. The molecule has 1 aliphatic rings. The number of para-hydroxylation sites is 1.